The molecule has 0 aromatic heterocycles. The van der Waals surface area contributed by atoms with Crippen LogP contribution in [0.2, 0.25) is 0 Å². The van der Waals surface area contributed by atoms with Crippen LogP contribution in [-0.4, -0.2) is 44.8 Å². The molecule has 160 valence electrons. The molecule has 2 aromatic carbocycles. The van der Waals surface area contributed by atoms with Crippen molar-refractivity contribution in [3.05, 3.63) is 65.2 Å². The van der Waals surface area contributed by atoms with Crippen LogP contribution >= 0.6 is 0 Å². The van der Waals surface area contributed by atoms with Gasteiger partial charge in [-0.2, -0.15) is 0 Å². The quantitative estimate of drug-likeness (QED) is 0.625. The summed E-state index contributed by atoms with van der Waals surface area (Å²) in [6, 6.07) is 14.6. The highest BCUT2D eigenvalue weighted by Crippen LogP contribution is 2.20. The molecule has 1 unspecified atom stereocenters. The van der Waals surface area contributed by atoms with Gasteiger partial charge in [0, 0.05) is 32.6 Å². The highest BCUT2D eigenvalue weighted by Gasteiger charge is 2.34. The van der Waals surface area contributed by atoms with E-state index in [-0.39, 0.29) is 36.2 Å². The number of carbonyl (C=O) groups is 2. The van der Waals surface area contributed by atoms with Crippen molar-refractivity contribution < 1.29 is 18.0 Å². The lowest BCUT2D eigenvalue weighted by Gasteiger charge is -2.16. The average Bonchev–Trinajstić information content (AvgIpc) is 3.08. The van der Waals surface area contributed by atoms with Crippen molar-refractivity contribution in [2.75, 3.05) is 19.6 Å². The van der Waals surface area contributed by atoms with Crippen molar-refractivity contribution in [2.45, 2.75) is 31.7 Å². The average molecular weight is 430 g/mol. The molecule has 8 heteroatoms. The SMILES string of the molecule is Cc1ccc(S(=O)(=O)NCCNC(=O)C2CC(=O)N(Cc3ccccc3)C2)cc1C. The molecule has 2 aromatic rings. The first-order chi connectivity index (χ1) is 14.3. The van der Waals surface area contributed by atoms with Crippen LogP contribution in [-0.2, 0) is 26.2 Å². The normalized spacial score (nSPS) is 16.7. The Kier molecular flexibility index (Phi) is 6.89. The molecule has 0 aliphatic carbocycles. The third-order valence-electron chi connectivity index (χ3n) is 5.31. The minimum Gasteiger partial charge on any atom is -0.354 e. The van der Waals surface area contributed by atoms with E-state index in [1.54, 1.807) is 23.1 Å². The van der Waals surface area contributed by atoms with Gasteiger partial charge in [-0.05, 0) is 42.7 Å². The Hall–Kier alpha value is -2.71. The lowest BCUT2D eigenvalue weighted by Crippen LogP contribution is -2.38. The highest BCUT2D eigenvalue weighted by atomic mass is 32.2. The van der Waals surface area contributed by atoms with Crippen LogP contribution in [0, 0.1) is 19.8 Å². The predicted octanol–water partition coefficient (Wildman–Crippen LogP) is 1.75. The van der Waals surface area contributed by atoms with Crippen LogP contribution < -0.4 is 10.0 Å². The zero-order valence-corrected chi connectivity index (χ0v) is 18.0. The van der Waals surface area contributed by atoms with E-state index >= 15 is 0 Å². The zero-order chi connectivity index (χ0) is 21.7. The van der Waals surface area contributed by atoms with E-state index in [0.29, 0.717) is 13.1 Å². The lowest BCUT2D eigenvalue weighted by atomic mass is 10.1. The maximum Gasteiger partial charge on any atom is 0.240 e. The summed E-state index contributed by atoms with van der Waals surface area (Å²) in [5.74, 6) is -0.698. The zero-order valence-electron chi connectivity index (χ0n) is 17.2. The van der Waals surface area contributed by atoms with Crippen LogP contribution in [0.5, 0.6) is 0 Å². The number of benzene rings is 2. The van der Waals surface area contributed by atoms with Gasteiger partial charge in [0.25, 0.3) is 0 Å². The van der Waals surface area contributed by atoms with Gasteiger partial charge in [0.05, 0.1) is 10.8 Å². The summed E-state index contributed by atoms with van der Waals surface area (Å²) in [5, 5.41) is 2.73. The largest absolute Gasteiger partial charge is 0.354 e. The first-order valence-corrected chi connectivity index (χ1v) is 11.4. The van der Waals surface area contributed by atoms with Gasteiger partial charge in [-0.15, -0.1) is 0 Å². The first-order valence-electron chi connectivity index (χ1n) is 9.92. The summed E-state index contributed by atoms with van der Waals surface area (Å²) in [6.45, 7) is 4.87. The molecule has 0 spiro atoms. The van der Waals surface area contributed by atoms with Crippen molar-refractivity contribution in [2.24, 2.45) is 5.92 Å². The maximum atomic E-state index is 12.4. The lowest BCUT2D eigenvalue weighted by molar-refractivity contribution is -0.129. The van der Waals surface area contributed by atoms with Gasteiger partial charge in [-0.25, -0.2) is 13.1 Å². The van der Waals surface area contributed by atoms with Crippen molar-refractivity contribution in [1.82, 2.24) is 14.9 Å². The van der Waals surface area contributed by atoms with Gasteiger partial charge in [0.1, 0.15) is 0 Å². The number of hydrogen-bond donors (Lipinski definition) is 2. The van der Waals surface area contributed by atoms with Gasteiger partial charge >= 0.3 is 0 Å². The number of carbonyl (C=O) groups excluding carboxylic acids is 2. The minimum atomic E-state index is -3.63. The molecule has 0 radical (unpaired) electrons. The highest BCUT2D eigenvalue weighted by molar-refractivity contribution is 7.89. The molecule has 1 aliphatic rings. The van der Waals surface area contributed by atoms with Gasteiger partial charge in [0.15, 0.2) is 0 Å². The summed E-state index contributed by atoms with van der Waals surface area (Å²) < 4.78 is 27.3. The van der Waals surface area contributed by atoms with Crippen LogP contribution in [0.4, 0.5) is 0 Å². The molecule has 30 heavy (non-hydrogen) atoms. The van der Waals surface area contributed by atoms with E-state index < -0.39 is 15.9 Å². The number of nitrogens with zero attached hydrogens (tertiary/aromatic N) is 1. The van der Waals surface area contributed by atoms with E-state index in [1.807, 2.05) is 44.2 Å². The van der Waals surface area contributed by atoms with E-state index in [9.17, 15) is 18.0 Å². The summed E-state index contributed by atoms with van der Waals surface area (Å²) >= 11 is 0. The number of rotatable bonds is 8. The third-order valence-corrected chi connectivity index (χ3v) is 6.77. The molecule has 1 heterocycles. The molecule has 3 rings (SSSR count). The van der Waals surface area contributed by atoms with Gasteiger partial charge in [-0.1, -0.05) is 36.4 Å². The number of hydrogen-bond acceptors (Lipinski definition) is 4. The first kappa shape index (κ1) is 22.0. The van der Waals surface area contributed by atoms with Crippen molar-refractivity contribution in [3.8, 4) is 0 Å². The van der Waals surface area contributed by atoms with Gasteiger partial charge < -0.3 is 10.2 Å². The number of aryl methyl sites for hydroxylation is 2. The van der Waals surface area contributed by atoms with Crippen molar-refractivity contribution in [1.29, 1.82) is 0 Å². The Bertz CT molecular complexity index is 1020. The molecule has 0 saturated carbocycles. The summed E-state index contributed by atoms with van der Waals surface area (Å²) in [7, 11) is -3.63. The molecular weight excluding hydrogens is 402 g/mol. The molecule has 2 N–H and O–H groups in total. The molecule has 1 fully saturated rings. The molecule has 7 nitrogen and oxygen atoms in total. The standard InChI is InChI=1S/C22H27N3O4S/c1-16-8-9-20(12-17(16)2)30(28,29)24-11-10-23-22(27)19-13-21(26)25(15-19)14-18-6-4-3-5-7-18/h3-9,12,19,24H,10-11,13-15H2,1-2H3,(H,23,27). The molecule has 1 atom stereocenters. The van der Waals surface area contributed by atoms with Crippen LogP contribution in [0.1, 0.15) is 23.1 Å². The second kappa shape index (κ2) is 9.40. The predicted molar refractivity (Wildman–Crippen MR) is 114 cm³/mol. The Balaban J connectivity index is 1.45. The van der Waals surface area contributed by atoms with E-state index in [4.69, 9.17) is 0 Å². The molecule has 0 bridgehead atoms. The number of amides is 2. The van der Waals surface area contributed by atoms with E-state index in [1.165, 1.54) is 0 Å². The Labute approximate surface area is 177 Å². The maximum absolute atomic E-state index is 12.4. The smallest absolute Gasteiger partial charge is 0.240 e. The summed E-state index contributed by atoms with van der Waals surface area (Å²) in [4.78, 5) is 26.5. The van der Waals surface area contributed by atoms with Gasteiger partial charge in [0.2, 0.25) is 21.8 Å². The Morgan fingerprint density at radius 3 is 2.50 bits per heavy atom. The minimum absolute atomic E-state index is 0.0468. The fourth-order valence-electron chi connectivity index (χ4n) is 3.38. The van der Waals surface area contributed by atoms with Crippen molar-refractivity contribution >= 4 is 21.8 Å². The van der Waals surface area contributed by atoms with Crippen LogP contribution in [0.15, 0.2) is 53.4 Å². The third kappa shape index (κ3) is 5.46. The molecule has 1 aliphatic heterocycles. The fraction of sp³-hybridized carbons (Fsp3) is 0.364. The van der Waals surface area contributed by atoms with E-state index in [0.717, 1.165) is 16.7 Å². The second-order valence-corrected chi connectivity index (χ2v) is 9.36. The Morgan fingerprint density at radius 1 is 1.07 bits per heavy atom. The molecule has 1 saturated heterocycles. The number of likely N-dealkylation sites (tertiary alicyclic amines) is 1. The van der Waals surface area contributed by atoms with E-state index in [2.05, 4.69) is 10.0 Å². The second-order valence-electron chi connectivity index (χ2n) is 7.60. The van der Waals surface area contributed by atoms with Gasteiger partial charge in [-0.3, -0.25) is 9.59 Å². The summed E-state index contributed by atoms with van der Waals surface area (Å²) in [5.41, 5.74) is 2.94. The number of nitrogens with one attached hydrogen (secondary N) is 2. The molecule has 2 amide bonds. The van der Waals surface area contributed by atoms with Crippen LogP contribution in [0.25, 0.3) is 0 Å². The summed E-state index contributed by atoms with van der Waals surface area (Å²) in [6.07, 6.45) is 0.174. The Morgan fingerprint density at radius 2 is 1.80 bits per heavy atom. The van der Waals surface area contributed by atoms with Crippen LogP contribution in [0.3, 0.4) is 0 Å². The number of sulfonamides is 1. The van der Waals surface area contributed by atoms with Crippen molar-refractivity contribution in [3.63, 3.8) is 0 Å². The molecular formula is C22H27N3O4S. The monoisotopic (exact) mass is 429 g/mol. The topological polar surface area (TPSA) is 95.6 Å². The fourth-order valence-corrected chi connectivity index (χ4v) is 4.50.